The van der Waals surface area contributed by atoms with Crippen molar-refractivity contribution in [3.05, 3.63) is 35.3 Å². The molecule has 0 N–H and O–H groups in total. The fourth-order valence-corrected chi connectivity index (χ4v) is 0.952. The maximum Gasteiger partial charge on any atom is 0.416 e. The van der Waals surface area contributed by atoms with Crippen molar-refractivity contribution in [1.29, 1.82) is 0 Å². The van der Waals surface area contributed by atoms with Gasteiger partial charge < -0.3 is 0 Å². The van der Waals surface area contributed by atoms with Crippen molar-refractivity contribution < 1.29 is 21.6 Å². The molecule has 0 atom stereocenters. The van der Waals surface area contributed by atoms with Gasteiger partial charge in [-0.25, -0.2) is 8.42 Å². The van der Waals surface area contributed by atoms with Crippen LogP contribution in [0.4, 0.5) is 13.2 Å². The summed E-state index contributed by atoms with van der Waals surface area (Å²) < 4.78 is 57.6. The van der Waals surface area contributed by atoms with Crippen LogP contribution in [0.25, 0.3) is 0 Å². The predicted molar refractivity (Wildman–Crippen MR) is 52.9 cm³/mol. The molecule has 7 heteroatoms. The molecule has 0 rings (SSSR count). The molecule has 0 aromatic rings. The lowest BCUT2D eigenvalue weighted by molar-refractivity contribution is -0.0881. The van der Waals surface area contributed by atoms with Crippen LogP contribution < -0.4 is 0 Å². The van der Waals surface area contributed by atoms with E-state index in [1.165, 1.54) is 0 Å². The Kier molecular flexibility index (Phi) is 4.61. The Morgan fingerprint density at radius 1 is 1.33 bits per heavy atom. The van der Waals surface area contributed by atoms with E-state index in [0.29, 0.717) is 12.2 Å². The number of halogens is 4. The van der Waals surface area contributed by atoms with E-state index >= 15 is 0 Å². The molecule has 0 aromatic heterocycles. The standard InChI is InChI=1S/C8H8ClF3O2S/c1-3-7(8(10,11)12)5-4-6(2)15(9,13)14/h3-5H,1H2,2H3/b6-4+,7-5+. The van der Waals surface area contributed by atoms with Crippen molar-refractivity contribution in [1.82, 2.24) is 0 Å². The van der Waals surface area contributed by atoms with Crippen molar-refractivity contribution in [3.63, 3.8) is 0 Å². The Balaban J connectivity index is 5.17. The zero-order valence-corrected chi connectivity index (χ0v) is 9.25. The Labute approximate surface area is 90.2 Å². The lowest BCUT2D eigenvalue weighted by Crippen LogP contribution is -2.09. The second-order valence-electron chi connectivity index (χ2n) is 2.54. The third kappa shape index (κ3) is 5.03. The molecular weight excluding hydrogens is 253 g/mol. The molecule has 15 heavy (non-hydrogen) atoms. The van der Waals surface area contributed by atoms with E-state index in [0.717, 1.165) is 13.0 Å². The monoisotopic (exact) mass is 260 g/mol. The SMILES string of the molecule is C=C/C(=C\C=C(/C)S(=O)(=O)Cl)C(F)(F)F. The Morgan fingerprint density at radius 3 is 2.07 bits per heavy atom. The van der Waals surface area contributed by atoms with Gasteiger partial charge in [-0.2, -0.15) is 13.2 Å². The molecule has 0 radical (unpaired) electrons. The van der Waals surface area contributed by atoms with E-state index in [-0.39, 0.29) is 4.91 Å². The van der Waals surface area contributed by atoms with Crippen LogP contribution in [-0.2, 0) is 9.05 Å². The van der Waals surface area contributed by atoms with Crippen molar-refractivity contribution >= 4 is 19.7 Å². The quantitative estimate of drug-likeness (QED) is 0.577. The number of rotatable bonds is 3. The van der Waals surface area contributed by atoms with Gasteiger partial charge in [0.15, 0.2) is 0 Å². The maximum absolute atomic E-state index is 12.1. The molecule has 0 heterocycles. The normalized spacial score (nSPS) is 15.3. The molecular formula is C8H8ClF3O2S. The number of hydrogen-bond acceptors (Lipinski definition) is 2. The highest BCUT2D eigenvalue weighted by molar-refractivity contribution is 8.16. The fraction of sp³-hybridized carbons (Fsp3) is 0.250. The van der Waals surface area contributed by atoms with Gasteiger partial charge in [0.1, 0.15) is 0 Å². The van der Waals surface area contributed by atoms with Gasteiger partial charge in [-0.15, -0.1) is 0 Å². The van der Waals surface area contributed by atoms with E-state index in [4.69, 9.17) is 10.7 Å². The molecule has 0 bridgehead atoms. The summed E-state index contributed by atoms with van der Waals surface area (Å²) in [5.41, 5.74) is -1.04. The third-order valence-electron chi connectivity index (χ3n) is 1.43. The Hall–Kier alpha value is -0.750. The van der Waals surface area contributed by atoms with E-state index in [9.17, 15) is 21.6 Å². The number of alkyl halides is 3. The molecule has 0 aliphatic carbocycles. The highest BCUT2D eigenvalue weighted by Gasteiger charge is 2.30. The first kappa shape index (κ1) is 14.2. The average Bonchev–Trinajstić information content (AvgIpc) is 2.00. The van der Waals surface area contributed by atoms with Gasteiger partial charge in [-0.1, -0.05) is 12.7 Å². The van der Waals surface area contributed by atoms with Crippen LogP contribution in [0.5, 0.6) is 0 Å². The summed E-state index contributed by atoms with van der Waals surface area (Å²) in [6, 6.07) is 0. The average molecular weight is 261 g/mol. The summed E-state index contributed by atoms with van der Waals surface area (Å²) >= 11 is 0. The number of allylic oxidation sites excluding steroid dienone is 5. The highest BCUT2D eigenvalue weighted by Crippen LogP contribution is 2.26. The fourth-order valence-electron chi connectivity index (χ4n) is 0.567. The minimum Gasteiger partial charge on any atom is -0.207 e. The van der Waals surface area contributed by atoms with Gasteiger partial charge in [0, 0.05) is 10.7 Å². The van der Waals surface area contributed by atoms with Crippen LogP contribution >= 0.6 is 10.7 Å². The molecule has 0 aromatic carbocycles. The van der Waals surface area contributed by atoms with Gasteiger partial charge in [-0.3, -0.25) is 0 Å². The van der Waals surface area contributed by atoms with E-state index < -0.39 is 20.8 Å². The smallest absolute Gasteiger partial charge is 0.207 e. The van der Waals surface area contributed by atoms with E-state index in [1.807, 2.05) is 0 Å². The van der Waals surface area contributed by atoms with E-state index in [1.54, 1.807) is 0 Å². The molecule has 86 valence electrons. The zero-order valence-electron chi connectivity index (χ0n) is 7.68. The molecule has 0 spiro atoms. The first-order valence-corrected chi connectivity index (χ1v) is 5.93. The van der Waals surface area contributed by atoms with Crippen LogP contribution in [-0.4, -0.2) is 14.6 Å². The maximum atomic E-state index is 12.1. The molecule has 0 aliphatic rings. The summed E-state index contributed by atoms with van der Waals surface area (Å²) in [5, 5.41) is 0. The second-order valence-corrected chi connectivity index (χ2v) is 5.28. The van der Waals surface area contributed by atoms with Crippen LogP contribution in [0.3, 0.4) is 0 Å². The summed E-state index contributed by atoms with van der Waals surface area (Å²) in [6.07, 6.45) is -2.60. The third-order valence-corrected chi connectivity index (χ3v) is 3.06. The lowest BCUT2D eigenvalue weighted by Gasteiger charge is -2.05. The zero-order chi connectivity index (χ0) is 12.3. The Bertz CT molecular complexity index is 404. The lowest BCUT2D eigenvalue weighted by atomic mass is 10.2. The summed E-state index contributed by atoms with van der Waals surface area (Å²) in [5.74, 6) is 0. The molecule has 0 saturated carbocycles. The minimum atomic E-state index is -4.56. The van der Waals surface area contributed by atoms with Gasteiger partial charge in [0.2, 0.25) is 0 Å². The topological polar surface area (TPSA) is 34.1 Å². The minimum absolute atomic E-state index is 0.368. The summed E-state index contributed by atoms with van der Waals surface area (Å²) in [7, 11) is 0.927. The van der Waals surface area contributed by atoms with Crippen molar-refractivity contribution in [2.45, 2.75) is 13.1 Å². The summed E-state index contributed by atoms with van der Waals surface area (Å²) in [4.78, 5) is -0.368. The predicted octanol–water partition coefficient (Wildman–Crippen LogP) is 3.13. The van der Waals surface area contributed by atoms with Gasteiger partial charge in [-0.05, 0) is 19.1 Å². The van der Waals surface area contributed by atoms with E-state index in [2.05, 4.69) is 6.58 Å². The molecule has 2 nitrogen and oxygen atoms in total. The van der Waals surface area contributed by atoms with Crippen molar-refractivity contribution in [2.24, 2.45) is 0 Å². The highest BCUT2D eigenvalue weighted by atomic mass is 35.7. The van der Waals surface area contributed by atoms with Gasteiger partial charge >= 0.3 is 6.18 Å². The van der Waals surface area contributed by atoms with Crippen LogP contribution in [0.1, 0.15) is 6.92 Å². The Morgan fingerprint density at radius 2 is 1.80 bits per heavy atom. The van der Waals surface area contributed by atoms with Gasteiger partial charge in [0.25, 0.3) is 9.05 Å². The molecule has 0 fully saturated rings. The van der Waals surface area contributed by atoms with Crippen LogP contribution in [0.2, 0.25) is 0 Å². The number of hydrogen-bond donors (Lipinski definition) is 0. The first-order chi connectivity index (χ1) is 6.59. The molecule has 0 aliphatic heterocycles. The molecule has 0 amide bonds. The van der Waals surface area contributed by atoms with Crippen LogP contribution in [0, 0.1) is 0 Å². The second kappa shape index (κ2) is 4.85. The summed E-state index contributed by atoms with van der Waals surface area (Å²) in [6.45, 7) is 4.06. The van der Waals surface area contributed by atoms with Crippen molar-refractivity contribution in [2.75, 3.05) is 0 Å². The molecule has 0 unspecified atom stereocenters. The largest absolute Gasteiger partial charge is 0.416 e. The van der Waals surface area contributed by atoms with Gasteiger partial charge in [0.05, 0.1) is 10.5 Å². The first-order valence-electron chi connectivity index (χ1n) is 3.62. The van der Waals surface area contributed by atoms with Crippen LogP contribution in [0.15, 0.2) is 35.3 Å². The molecule has 0 saturated heterocycles. The van der Waals surface area contributed by atoms with Crippen molar-refractivity contribution in [3.8, 4) is 0 Å².